The standard InChI is InChI=1S/C10H8O6S2.2K.2H/c11-17(12,13)9-3-1-7-5-10(18(14,15)16)4-2-8(7)6-9;;;;/h1-6H,(H,11,12,13)(H,14,15,16);;;;/q;2*+1;2*-1. The van der Waals surface area contributed by atoms with Crippen molar-refractivity contribution in [3.8, 4) is 0 Å². The van der Waals surface area contributed by atoms with E-state index >= 15 is 0 Å². The first kappa shape index (κ1) is 21.8. The first-order valence-corrected chi connectivity index (χ1v) is 7.55. The molecule has 2 rings (SSSR count). The summed E-state index contributed by atoms with van der Waals surface area (Å²) in [6, 6.07) is 7.38. The molecule has 2 aromatic rings. The van der Waals surface area contributed by atoms with Crippen molar-refractivity contribution in [2.45, 2.75) is 9.79 Å². The zero-order chi connectivity index (χ0) is 13.6. The Bertz CT molecular complexity index is 768. The first-order valence-electron chi connectivity index (χ1n) is 4.67. The molecule has 0 radical (unpaired) electrons. The molecule has 20 heavy (non-hydrogen) atoms. The van der Waals surface area contributed by atoms with Crippen LogP contribution in [0.1, 0.15) is 2.85 Å². The van der Waals surface area contributed by atoms with Crippen molar-refractivity contribution in [3.05, 3.63) is 36.4 Å². The van der Waals surface area contributed by atoms with E-state index in [1.807, 2.05) is 0 Å². The normalized spacial score (nSPS) is 11.5. The number of fused-ring (bicyclic) bond motifs is 1. The molecule has 2 N–H and O–H groups in total. The van der Waals surface area contributed by atoms with Crippen LogP contribution in [0.3, 0.4) is 0 Å². The van der Waals surface area contributed by atoms with Gasteiger partial charge in [0.25, 0.3) is 20.2 Å². The van der Waals surface area contributed by atoms with Crippen molar-refractivity contribution in [2.75, 3.05) is 0 Å². The fourth-order valence-corrected chi connectivity index (χ4v) is 2.55. The Morgan fingerprint density at radius 2 is 1.00 bits per heavy atom. The summed E-state index contributed by atoms with van der Waals surface area (Å²) in [5.74, 6) is 0. The molecule has 0 heterocycles. The summed E-state index contributed by atoms with van der Waals surface area (Å²) >= 11 is 0. The van der Waals surface area contributed by atoms with Gasteiger partial charge < -0.3 is 2.85 Å². The largest absolute Gasteiger partial charge is 1.00 e. The number of hydrogen-bond acceptors (Lipinski definition) is 4. The van der Waals surface area contributed by atoms with Gasteiger partial charge in [-0.2, -0.15) is 16.8 Å². The van der Waals surface area contributed by atoms with Crippen LogP contribution in [-0.2, 0) is 20.2 Å². The van der Waals surface area contributed by atoms with Crippen LogP contribution in [-0.4, -0.2) is 25.9 Å². The van der Waals surface area contributed by atoms with Crippen molar-refractivity contribution in [1.29, 1.82) is 0 Å². The molecule has 0 saturated carbocycles. The first-order chi connectivity index (χ1) is 8.18. The molecule has 0 spiro atoms. The van der Waals surface area contributed by atoms with Crippen LogP contribution in [0.2, 0.25) is 0 Å². The van der Waals surface area contributed by atoms with Crippen LogP contribution < -0.4 is 103 Å². The molecule has 2 aromatic carbocycles. The Balaban J connectivity index is -0.000000902. The molecule has 0 aromatic heterocycles. The van der Waals surface area contributed by atoms with Crippen molar-refractivity contribution < 1.29 is 132 Å². The van der Waals surface area contributed by atoms with E-state index in [1.54, 1.807) is 0 Å². The van der Waals surface area contributed by atoms with E-state index in [0.29, 0.717) is 10.8 Å². The topological polar surface area (TPSA) is 109 Å². The molecular formula is C10H10K2O6S2. The van der Waals surface area contributed by atoms with E-state index in [1.165, 1.54) is 24.3 Å². The Labute approximate surface area is 204 Å². The molecule has 0 aliphatic heterocycles. The van der Waals surface area contributed by atoms with Gasteiger partial charge in [0.05, 0.1) is 9.79 Å². The monoisotopic (exact) mass is 368 g/mol. The third kappa shape index (κ3) is 5.46. The van der Waals surface area contributed by atoms with Crippen LogP contribution >= 0.6 is 0 Å². The fourth-order valence-electron chi connectivity index (χ4n) is 1.52. The van der Waals surface area contributed by atoms with Crippen LogP contribution in [0.25, 0.3) is 10.8 Å². The molecule has 0 bridgehead atoms. The smallest absolute Gasteiger partial charge is 1.00 e. The molecule has 0 aliphatic carbocycles. The molecule has 0 fully saturated rings. The van der Waals surface area contributed by atoms with Gasteiger partial charge in [0, 0.05) is 0 Å². The van der Waals surface area contributed by atoms with E-state index < -0.39 is 20.2 Å². The van der Waals surface area contributed by atoms with Gasteiger partial charge in [-0.1, -0.05) is 12.1 Å². The molecule has 0 amide bonds. The van der Waals surface area contributed by atoms with Gasteiger partial charge in [-0.15, -0.1) is 0 Å². The Hall–Kier alpha value is 1.79. The quantitative estimate of drug-likeness (QED) is 0.409. The van der Waals surface area contributed by atoms with Gasteiger partial charge in [-0.3, -0.25) is 9.11 Å². The third-order valence-electron chi connectivity index (χ3n) is 2.38. The van der Waals surface area contributed by atoms with Crippen molar-refractivity contribution in [3.63, 3.8) is 0 Å². The SMILES string of the molecule is O=S(=O)(O)c1ccc2cc(S(=O)(=O)O)ccc2c1.[H-].[H-].[K+].[K+]. The summed E-state index contributed by atoms with van der Waals surface area (Å²) in [5.41, 5.74) is 0. The predicted octanol–water partition coefficient (Wildman–Crippen LogP) is -4.43. The Morgan fingerprint density at radius 3 is 1.25 bits per heavy atom. The molecule has 6 nitrogen and oxygen atoms in total. The minimum Gasteiger partial charge on any atom is -1.00 e. The maximum Gasteiger partial charge on any atom is 1.00 e. The van der Waals surface area contributed by atoms with E-state index in [9.17, 15) is 16.8 Å². The van der Waals surface area contributed by atoms with Gasteiger partial charge in [0.15, 0.2) is 0 Å². The van der Waals surface area contributed by atoms with Gasteiger partial charge in [-0.05, 0) is 35.0 Å². The summed E-state index contributed by atoms with van der Waals surface area (Å²) in [6.07, 6.45) is 0. The van der Waals surface area contributed by atoms with E-state index in [2.05, 4.69) is 0 Å². The second-order valence-electron chi connectivity index (χ2n) is 3.62. The van der Waals surface area contributed by atoms with E-state index in [0.717, 1.165) is 12.1 Å². The van der Waals surface area contributed by atoms with Crippen LogP contribution in [0.15, 0.2) is 46.2 Å². The maximum absolute atomic E-state index is 10.9. The number of benzene rings is 2. The summed E-state index contributed by atoms with van der Waals surface area (Å²) < 4.78 is 61.4. The second-order valence-corrected chi connectivity index (χ2v) is 6.46. The van der Waals surface area contributed by atoms with Crippen molar-refractivity contribution in [1.82, 2.24) is 0 Å². The number of rotatable bonds is 2. The minimum absolute atomic E-state index is 0. The van der Waals surface area contributed by atoms with Gasteiger partial charge in [-0.25, -0.2) is 0 Å². The molecular weight excluding hydrogens is 358 g/mol. The summed E-state index contributed by atoms with van der Waals surface area (Å²) in [7, 11) is -8.60. The summed E-state index contributed by atoms with van der Waals surface area (Å²) in [6.45, 7) is 0. The molecule has 0 unspecified atom stereocenters. The molecule has 0 atom stereocenters. The van der Waals surface area contributed by atoms with E-state index in [4.69, 9.17) is 9.11 Å². The van der Waals surface area contributed by atoms with E-state index in [-0.39, 0.29) is 115 Å². The second kappa shape index (κ2) is 8.06. The van der Waals surface area contributed by atoms with Gasteiger partial charge in [0.2, 0.25) is 0 Å². The van der Waals surface area contributed by atoms with Gasteiger partial charge >= 0.3 is 103 Å². The third-order valence-corrected chi connectivity index (χ3v) is 4.08. The van der Waals surface area contributed by atoms with Crippen LogP contribution in [0.5, 0.6) is 0 Å². The molecule has 100 valence electrons. The zero-order valence-electron chi connectivity index (χ0n) is 12.8. The van der Waals surface area contributed by atoms with Gasteiger partial charge in [0.1, 0.15) is 0 Å². The summed E-state index contributed by atoms with van der Waals surface area (Å²) in [4.78, 5) is -0.566. The molecule has 10 heteroatoms. The van der Waals surface area contributed by atoms with Crippen molar-refractivity contribution >= 4 is 31.0 Å². The fraction of sp³-hybridized carbons (Fsp3) is 0. The molecule has 0 saturated heterocycles. The van der Waals surface area contributed by atoms with Crippen molar-refractivity contribution in [2.24, 2.45) is 0 Å². The predicted molar refractivity (Wildman–Crippen MR) is 65.8 cm³/mol. The Morgan fingerprint density at radius 1 is 0.700 bits per heavy atom. The average molecular weight is 369 g/mol. The van der Waals surface area contributed by atoms with Crippen LogP contribution in [0.4, 0.5) is 0 Å². The zero-order valence-corrected chi connectivity index (χ0v) is 18.7. The maximum atomic E-state index is 10.9. The Kier molecular flexibility index (Phi) is 8.78. The number of hydrogen-bond donors (Lipinski definition) is 2. The average Bonchev–Trinajstić information content (AvgIpc) is 2.25. The minimum atomic E-state index is -4.30. The summed E-state index contributed by atoms with van der Waals surface area (Å²) in [5, 5.41) is 0.857. The van der Waals surface area contributed by atoms with Crippen LogP contribution in [0, 0.1) is 0 Å². The molecule has 0 aliphatic rings.